The van der Waals surface area contributed by atoms with Crippen LogP contribution in [0.4, 0.5) is 0 Å². The first-order valence-corrected chi connectivity index (χ1v) is 8.26. The lowest BCUT2D eigenvalue weighted by molar-refractivity contribution is 0.0991. The molecule has 4 heteroatoms. The van der Waals surface area contributed by atoms with E-state index in [-0.39, 0.29) is 5.78 Å². The van der Waals surface area contributed by atoms with E-state index < -0.39 is 0 Å². The number of carbonyl (C=O) groups is 1. The van der Waals surface area contributed by atoms with Gasteiger partial charge in [-0.3, -0.25) is 9.48 Å². The van der Waals surface area contributed by atoms with Crippen LogP contribution in [0.3, 0.4) is 0 Å². The lowest BCUT2D eigenvalue weighted by atomic mass is 10.0. The highest BCUT2D eigenvalue weighted by atomic mass is 79.9. The number of ketones is 1. The van der Waals surface area contributed by atoms with E-state index in [4.69, 9.17) is 0 Å². The summed E-state index contributed by atoms with van der Waals surface area (Å²) in [4.78, 5) is 12.4. The number of aryl methyl sites for hydroxylation is 1. The molecule has 0 spiro atoms. The first-order valence-electron chi connectivity index (χ1n) is 7.47. The van der Waals surface area contributed by atoms with Gasteiger partial charge >= 0.3 is 0 Å². The number of nitrogens with zero attached hydrogens (tertiary/aromatic N) is 2. The molecule has 0 atom stereocenters. The monoisotopic (exact) mass is 346 g/mol. The first kappa shape index (κ1) is 14.5. The van der Waals surface area contributed by atoms with Gasteiger partial charge in [-0.2, -0.15) is 5.10 Å². The second-order valence-electron chi connectivity index (χ2n) is 5.78. The van der Waals surface area contributed by atoms with Crippen molar-refractivity contribution in [3.05, 3.63) is 51.8 Å². The standard InChI is InChI=1S/C17H19BrN2O/c1-12-10-13(18)6-7-16(12)17(21)11-14-8-9-20(19-14)15-4-2-3-5-15/h6-10,15H,2-5,11H2,1H3. The molecular weight excluding hydrogens is 328 g/mol. The molecular formula is C17H19BrN2O. The summed E-state index contributed by atoms with van der Waals surface area (Å²) in [6.45, 7) is 1.97. The van der Waals surface area contributed by atoms with Crippen molar-refractivity contribution < 1.29 is 4.79 Å². The minimum absolute atomic E-state index is 0.136. The Morgan fingerprint density at radius 3 is 2.81 bits per heavy atom. The minimum atomic E-state index is 0.136. The quantitative estimate of drug-likeness (QED) is 0.764. The van der Waals surface area contributed by atoms with E-state index >= 15 is 0 Å². The number of rotatable bonds is 4. The summed E-state index contributed by atoms with van der Waals surface area (Å²) in [7, 11) is 0. The van der Waals surface area contributed by atoms with Gasteiger partial charge < -0.3 is 0 Å². The molecule has 2 aromatic rings. The zero-order chi connectivity index (χ0) is 14.8. The van der Waals surface area contributed by atoms with Crippen molar-refractivity contribution in [2.24, 2.45) is 0 Å². The molecule has 0 amide bonds. The number of halogens is 1. The Morgan fingerprint density at radius 1 is 1.33 bits per heavy atom. The Bertz CT molecular complexity index is 657. The van der Waals surface area contributed by atoms with Gasteiger partial charge in [-0.15, -0.1) is 0 Å². The SMILES string of the molecule is Cc1cc(Br)ccc1C(=O)Cc1ccn(C2CCCC2)n1. The van der Waals surface area contributed by atoms with Crippen LogP contribution >= 0.6 is 15.9 Å². The van der Waals surface area contributed by atoms with Crippen molar-refractivity contribution in [2.45, 2.75) is 45.1 Å². The van der Waals surface area contributed by atoms with E-state index in [1.165, 1.54) is 25.7 Å². The topological polar surface area (TPSA) is 34.9 Å². The predicted octanol–water partition coefficient (Wildman–Crippen LogP) is 4.49. The summed E-state index contributed by atoms with van der Waals surface area (Å²) >= 11 is 3.43. The number of hydrogen-bond donors (Lipinski definition) is 0. The summed E-state index contributed by atoms with van der Waals surface area (Å²) in [6.07, 6.45) is 7.39. The third-order valence-electron chi connectivity index (χ3n) is 4.19. The van der Waals surface area contributed by atoms with Crippen molar-refractivity contribution >= 4 is 21.7 Å². The molecule has 1 aliphatic carbocycles. The van der Waals surface area contributed by atoms with Crippen molar-refractivity contribution in [3.8, 4) is 0 Å². The van der Waals surface area contributed by atoms with Gasteiger partial charge in [0.1, 0.15) is 0 Å². The summed E-state index contributed by atoms with van der Waals surface area (Å²) < 4.78 is 3.05. The highest BCUT2D eigenvalue weighted by Crippen LogP contribution is 2.28. The largest absolute Gasteiger partial charge is 0.294 e. The van der Waals surface area contributed by atoms with E-state index in [9.17, 15) is 4.79 Å². The fourth-order valence-electron chi connectivity index (χ4n) is 3.04. The molecule has 0 N–H and O–H groups in total. The van der Waals surface area contributed by atoms with Crippen LogP contribution in [0, 0.1) is 6.92 Å². The van der Waals surface area contributed by atoms with Crippen molar-refractivity contribution in [3.63, 3.8) is 0 Å². The third kappa shape index (κ3) is 3.26. The fourth-order valence-corrected chi connectivity index (χ4v) is 3.52. The van der Waals surface area contributed by atoms with Crippen molar-refractivity contribution in [1.82, 2.24) is 9.78 Å². The highest BCUT2D eigenvalue weighted by Gasteiger charge is 2.18. The minimum Gasteiger partial charge on any atom is -0.294 e. The van der Waals surface area contributed by atoms with Crippen LogP contribution in [0.25, 0.3) is 0 Å². The number of hydrogen-bond acceptors (Lipinski definition) is 2. The Balaban J connectivity index is 1.72. The van der Waals surface area contributed by atoms with Gasteiger partial charge in [-0.05, 0) is 43.5 Å². The van der Waals surface area contributed by atoms with Crippen LogP contribution in [0.2, 0.25) is 0 Å². The van der Waals surface area contributed by atoms with Crippen LogP contribution in [0.15, 0.2) is 34.9 Å². The van der Waals surface area contributed by atoms with E-state index in [1.807, 2.05) is 42.1 Å². The van der Waals surface area contributed by atoms with Gasteiger partial charge in [0.25, 0.3) is 0 Å². The normalized spacial score (nSPS) is 15.5. The maximum Gasteiger partial charge on any atom is 0.169 e. The molecule has 1 aromatic heterocycles. The lowest BCUT2D eigenvalue weighted by Crippen LogP contribution is -2.09. The molecule has 1 aliphatic rings. The van der Waals surface area contributed by atoms with Crippen LogP contribution < -0.4 is 0 Å². The van der Waals surface area contributed by atoms with Gasteiger partial charge in [-0.25, -0.2) is 0 Å². The molecule has 0 radical (unpaired) electrons. The van der Waals surface area contributed by atoms with Gasteiger partial charge in [-0.1, -0.05) is 34.8 Å². The Kier molecular flexibility index (Phi) is 4.24. The van der Waals surface area contributed by atoms with Crippen LogP contribution in [0.1, 0.15) is 53.3 Å². The van der Waals surface area contributed by atoms with Crippen LogP contribution in [0.5, 0.6) is 0 Å². The third-order valence-corrected chi connectivity index (χ3v) is 4.69. The van der Waals surface area contributed by atoms with Crippen LogP contribution in [-0.4, -0.2) is 15.6 Å². The summed E-state index contributed by atoms with van der Waals surface area (Å²) in [5.41, 5.74) is 2.66. The molecule has 0 bridgehead atoms. The molecule has 3 rings (SSSR count). The summed E-state index contributed by atoms with van der Waals surface area (Å²) in [6, 6.07) is 8.28. The molecule has 3 nitrogen and oxygen atoms in total. The molecule has 21 heavy (non-hydrogen) atoms. The van der Waals surface area contributed by atoms with E-state index in [0.717, 1.165) is 21.3 Å². The second kappa shape index (κ2) is 6.14. The number of carbonyl (C=O) groups excluding carboxylic acids is 1. The van der Waals surface area contributed by atoms with Crippen molar-refractivity contribution in [1.29, 1.82) is 0 Å². The number of aromatic nitrogens is 2. The lowest BCUT2D eigenvalue weighted by Gasteiger charge is -2.09. The Morgan fingerprint density at radius 2 is 2.10 bits per heavy atom. The van der Waals surface area contributed by atoms with Gasteiger partial charge in [0.05, 0.1) is 18.2 Å². The molecule has 0 aliphatic heterocycles. The maximum absolute atomic E-state index is 12.4. The summed E-state index contributed by atoms with van der Waals surface area (Å²) in [5.74, 6) is 0.136. The second-order valence-corrected chi connectivity index (χ2v) is 6.70. The molecule has 1 aromatic carbocycles. The van der Waals surface area contributed by atoms with Gasteiger partial charge in [0.15, 0.2) is 5.78 Å². The number of Topliss-reactive ketones (excluding diaryl/α,β-unsaturated/α-hetero) is 1. The predicted molar refractivity (Wildman–Crippen MR) is 86.6 cm³/mol. The maximum atomic E-state index is 12.4. The molecule has 1 fully saturated rings. The Labute approximate surface area is 133 Å². The average Bonchev–Trinajstić information content (AvgIpc) is 3.08. The number of benzene rings is 1. The first-order chi connectivity index (χ1) is 10.1. The van der Waals surface area contributed by atoms with E-state index in [0.29, 0.717) is 12.5 Å². The van der Waals surface area contributed by atoms with Crippen LogP contribution in [-0.2, 0) is 6.42 Å². The molecule has 0 saturated heterocycles. The zero-order valence-corrected chi connectivity index (χ0v) is 13.8. The summed E-state index contributed by atoms with van der Waals surface area (Å²) in [5, 5.41) is 4.59. The zero-order valence-electron chi connectivity index (χ0n) is 12.2. The smallest absolute Gasteiger partial charge is 0.169 e. The van der Waals surface area contributed by atoms with E-state index in [1.54, 1.807) is 0 Å². The highest BCUT2D eigenvalue weighted by molar-refractivity contribution is 9.10. The molecule has 1 saturated carbocycles. The molecule has 110 valence electrons. The molecule has 1 heterocycles. The Hall–Kier alpha value is -1.42. The van der Waals surface area contributed by atoms with Gasteiger partial charge in [0.2, 0.25) is 0 Å². The van der Waals surface area contributed by atoms with Gasteiger partial charge in [0, 0.05) is 16.2 Å². The average molecular weight is 347 g/mol. The van der Waals surface area contributed by atoms with E-state index in [2.05, 4.69) is 21.0 Å². The fraction of sp³-hybridized carbons (Fsp3) is 0.412. The van der Waals surface area contributed by atoms with Crippen molar-refractivity contribution in [2.75, 3.05) is 0 Å². The molecule has 0 unspecified atom stereocenters.